The van der Waals surface area contributed by atoms with Crippen molar-refractivity contribution in [3.05, 3.63) is 48.2 Å². The molecular weight excluding hydrogens is 314 g/mol. The van der Waals surface area contributed by atoms with Crippen molar-refractivity contribution in [2.45, 2.75) is 38.1 Å². The lowest BCUT2D eigenvalue weighted by atomic mass is 9.96. The molecule has 0 bridgehead atoms. The molecule has 1 heterocycles. The predicted octanol–water partition coefficient (Wildman–Crippen LogP) is 4.15. The Kier molecular flexibility index (Phi) is 5.47. The monoisotopic (exact) mass is 335 g/mol. The minimum Gasteiger partial charge on any atom is -0.353 e. The number of nitriles is 1. The number of pyridine rings is 1. The lowest BCUT2D eigenvalue weighted by Gasteiger charge is -2.22. The highest BCUT2D eigenvalue weighted by atomic mass is 16.2. The van der Waals surface area contributed by atoms with Gasteiger partial charge in [-0.1, -0.05) is 31.4 Å². The molecule has 3 rings (SSSR count). The van der Waals surface area contributed by atoms with Crippen molar-refractivity contribution in [2.75, 3.05) is 10.6 Å². The third-order valence-electron chi connectivity index (χ3n) is 4.27. The molecule has 128 valence electrons. The number of urea groups is 1. The summed E-state index contributed by atoms with van der Waals surface area (Å²) in [6.45, 7) is 0. The van der Waals surface area contributed by atoms with Crippen molar-refractivity contribution in [2.24, 2.45) is 0 Å². The maximum Gasteiger partial charge on any atom is 0.320 e. The van der Waals surface area contributed by atoms with E-state index in [9.17, 15) is 4.79 Å². The van der Waals surface area contributed by atoms with Crippen molar-refractivity contribution in [3.8, 4) is 6.07 Å². The summed E-state index contributed by atoms with van der Waals surface area (Å²) in [6, 6.07) is 13.0. The minimum atomic E-state index is -0.213. The fourth-order valence-corrected chi connectivity index (χ4v) is 2.97. The fourth-order valence-electron chi connectivity index (χ4n) is 2.97. The predicted molar refractivity (Wildman–Crippen MR) is 97.7 cm³/mol. The van der Waals surface area contributed by atoms with E-state index in [0.29, 0.717) is 11.4 Å². The van der Waals surface area contributed by atoms with Crippen LogP contribution < -0.4 is 16.0 Å². The van der Waals surface area contributed by atoms with Gasteiger partial charge < -0.3 is 10.6 Å². The van der Waals surface area contributed by atoms with Crippen LogP contribution in [0.4, 0.5) is 22.0 Å². The molecule has 1 aromatic carbocycles. The Morgan fingerprint density at radius 1 is 1.12 bits per heavy atom. The first-order valence-corrected chi connectivity index (χ1v) is 8.54. The maximum atomic E-state index is 12.0. The van der Waals surface area contributed by atoms with Crippen LogP contribution in [0.5, 0.6) is 0 Å². The average Bonchev–Trinajstić information content (AvgIpc) is 2.64. The van der Waals surface area contributed by atoms with Crippen LogP contribution in [0, 0.1) is 11.3 Å². The summed E-state index contributed by atoms with van der Waals surface area (Å²) in [7, 11) is 0. The van der Waals surface area contributed by atoms with E-state index in [2.05, 4.69) is 27.0 Å². The van der Waals surface area contributed by atoms with Crippen LogP contribution in [0.3, 0.4) is 0 Å². The highest BCUT2D eigenvalue weighted by Gasteiger charge is 2.15. The van der Waals surface area contributed by atoms with E-state index >= 15 is 0 Å². The molecule has 0 aliphatic heterocycles. The van der Waals surface area contributed by atoms with Gasteiger partial charge in [-0.25, -0.2) is 9.78 Å². The summed E-state index contributed by atoms with van der Waals surface area (Å²) in [4.78, 5) is 16.3. The number of nitrogens with one attached hydrogen (secondary N) is 3. The van der Waals surface area contributed by atoms with E-state index in [1.165, 1.54) is 19.3 Å². The van der Waals surface area contributed by atoms with Gasteiger partial charge in [0, 0.05) is 6.04 Å². The zero-order chi connectivity index (χ0) is 17.5. The van der Waals surface area contributed by atoms with Gasteiger partial charge in [-0.2, -0.15) is 5.26 Å². The molecule has 2 aromatic rings. The lowest BCUT2D eigenvalue weighted by Crippen LogP contribution is -2.39. The summed E-state index contributed by atoms with van der Waals surface area (Å²) in [5, 5.41) is 18.0. The molecule has 1 aromatic heterocycles. The molecule has 0 saturated heterocycles. The normalized spacial score (nSPS) is 14.4. The highest BCUT2D eigenvalue weighted by molar-refractivity contribution is 5.88. The van der Waals surface area contributed by atoms with Crippen LogP contribution in [0.1, 0.15) is 37.7 Å². The molecule has 0 atom stereocenters. The number of rotatable bonds is 4. The first kappa shape index (κ1) is 16.8. The molecular formula is C19H21N5O. The number of amides is 2. The highest BCUT2D eigenvalue weighted by Crippen LogP contribution is 2.21. The van der Waals surface area contributed by atoms with Crippen molar-refractivity contribution in [1.29, 1.82) is 5.26 Å². The number of hydrogen-bond donors (Lipinski definition) is 3. The average molecular weight is 335 g/mol. The molecule has 1 fully saturated rings. The van der Waals surface area contributed by atoms with Crippen LogP contribution >= 0.6 is 0 Å². The van der Waals surface area contributed by atoms with Crippen LogP contribution in [-0.2, 0) is 0 Å². The number of nitrogens with zero attached hydrogens (tertiary/aromatic N) is 2. The summed E-state index contributed by atoms with van der Waals surface area (Å²) in [5.41, 5.74) is 2.04. The zero-order valence-corrected chi connectivity index (χ0v) is 14.0. The molecule has 2 amide bonds. The van der Waals surface area contributed by atoms with Crippen molar-refractivity contribution in [1.82, 2.24) is 10.3 Å². The molecule has 0 unspecified atom stereocenters. The van der Waals surface area contributed by atoms with Crippen LogP contribution in [0.2, 0.25) is 0 Å². The Balaban J connectivity index is 1.56. The Hall–Kier alpha value is -3.07. The number of benzene rings is 1. The van der Waals surface area contributed by atoms with Crippen LogP contribution in [-0.4, -0.2) is 17.1 Å². The second-order valence-electron chi connectivity index (χ2n) is 6.15. The van der Waals surface area contributed by atoms with E-state index < -0.39 is 0 Å². The Morgan fingerprint density at radius 2 is 1.92 bits per heavy atom. The molecule has 25 heavy (non-hydrogen) atoms. The lowest BCUT2D eigenvalue weighted by molar-refractivity contribution is 0.244. The molecule has 6 nitrogen and oxygen atoms in total. The van der Waals surface area contributed by atoms with Gasteiger partial charge in [-0.15, -0.1) is 0 Å². The minimum absolute atomic E-state index is 0.213. The number of carbonyl (C=O) groups is 1. The van der Waals surface area contributed by atoms with E-state index in [1.54, 1.807) is 18.3 Å². The van der Waals surface area contributed by atoms with E-state index in [0.717, 1.165) is 24.2 Å². The molecule has 6 heteroatoms. The number of hydrogen-bond acceptors (Lipinski definition) is 4. The Bertz CT molecular complexity index is 760. The SMILES string of the molecule is N#Cc1ccccc1Nc1ccc(NC(=O)NC2CCCCC2)nc1. The van der Waals surface area contributed by atoms with E-state index in [-0.39, 0.29) is 12.1 Å². The van der Waals surface area contributed by atoms with Gasteiger partial charge in [0.15, 0.2) is 0 Å². The summed E-state index contributed by atoms with van der Waals surface area (Å²) in [6.07, 6.45) is 7.32. The molecule has 0 spiro atoms. The molecule has 0 radical (unpaired) electrons. The first-order valence-electron chi connectivity index (χ1n) is 8.54. The van der Waals surface area contributed by atoms with Gasteiger partial charge in [0.2, 0.25) is 0 Å². The summed E-state index contributed by atoms with van der Waals surface area (Å²) in [5.74, 6) is 0.493. The number of anilines is 3. The maximum absolute atomic E-state index is 12.0. The second-order valence-corrected chi connectivity index (χ2v) is 6.15. The Labute approximate surface area is 147 Å². The summed E-state index contributed by atoms with van der Waals surface area (Å²) >= 11 is 0. The van der Waals surface area contributed by atoms with Crippen molar-refractivity contribution >= 4 is 23.2 Å². The molecule has 3 N–H and O–H groups in total. The smallest absolute Gasteiger partial charge is 0.320 e. The molecule has 1 saturated carbocycles. The van der Waals surface area contributed by atoms with Crippen molar-refractivity contribution in [3.63, 3.8) is 0 Å². The topological polar surface area (TPSA) is 89.8 Å². The van der Waals surface area contributed by atoms with Gasteiger partial charge >= 0.3 is 6.03 Å². The number of carbonyl (C=O) groups excluding carboxylic acids is 1. The molecule has 1 aliphatic carbocycles. The second kappa shape index (κ2) is 8.15. The summed E-state index contributed by atoms with van der Waals surface area (Å²) < 4.78 is 0. The van der Waals surface area contributed by atoms with E-state index in [1.807, 2.05) is 24.3 Å². The van der Waals surface area contributed by atoms with Gasteiger partial charge in [0.25, 0.3) is 0 Å². The van der Waals surface area contributed by atoms with Crippen molar-refractivity contribution < 1.29 is 4.79 Å². The standard InChI is InChI=1S/C19H21N5O/c20-12-14-6-4-5-9-17(14)22-16-10-11-18(21-13-16)24-19(25)23-15-7-2-1-3-8-15/h4-6,9-11,13,15,22H,1-3,7-8H2,(H2,21,23,24,25). The van der Waals surface area contributed by atoms with Gasteiger partial charge in [-0.3, -0.25) is 5.32 Å². The molecule has 1 aliphatic rings. The third kappa shape index (κ3) is 4.70. The van der Waals surface area contributed by atoms with Crippen LogP contribution in [0.25, 0.3) is 0 Å². The number of para-hydroxylation sites is 1. The van der Waals surface area contributed by atoms with Gasteiger partial charge in [0.1, 0.15) is 11.9 Å². The number of aromatic nitrogens is 1. The largest absolute Gasteiger partial charge is 0.353 e. The first-order chi connectivity index (χ1) is 12.2. The fraction of sp³-hybridized carbons (Fsp3) is 0.316. The quantitative estimate of drug-likeness (QED) is 0.783. The zero-order valence-electron chi connectivity index (χ0n) is 14.0. The van der Waals surface area contributed by atoms with Gasteiger partial charge in [0.05, 0.1) is 23.1 Å². The third-order valence-corrected chi connectivity index (χ3v) is 4.27. The Morgan fingerprint density at radius 3 is 2.64 bits per heavy atom. The van der Waals surface area contributed by atoms with Crippen LogP contribution in [0.15, 0.2) is 42.6 Å². The van der Waals surface area contributed by atoms with Gasteiger partial charge in [-0.05, 0) is 37.1 Å². The van der Waals surface area contributed by atoms with E-state index in [4.69, 9.17) is 5.26 Å².